The number of nitrogens with zero attached hydrogens (tertiary/aromatic N) is 4. The molecule has 0 saturated carbocycles. The van der Waals surface area contributed by atoms with Crippen molar-refractivity contribution in [2.24, 2.45) is 10.2 Å². The van der Waals surface area contributed by atoms with Gasteiger partial charge < -0.3 is 0 Å². The standard InChI is InChI=1S/C33H23BrN4OS/c1-22(39)32-36-38(26-20-18-24(34)19-21-26)33(40-32)30-17-8-7-15-29(30)31(35-37(33)25-12-3-2-4-13-25)28-16-9-11-23-10-5-6-14-27(23)28/h2-21H,1H3/t33-/m1/s1. The summed E-state index contributed by atoms with van der Waals surface area (Å²) in [6, 6.07) is 41.1. The predicted octanol–water partition coefficient (Wildman–Crippen LogP) is 8.14. The maximum atomic E-state index is 12.9. The number of carbonyl (C=O) groups excluding carboxylic acids is 1. The van der Waals surface area contributed by atoms with Crippen LogP contribution in [0, 0.1) is 0 Å². The van der Waals surface area contributed by atoms with Crippen molar-refractivity contribution in [1.82, 2.24) is 0 Å². The van der Waals surface area contributed by atoms with Crippen LogP contribution in [0.2, 0.25) is 0 Å². The second-order valence-corrected chi connectivity index (χ2v) is 11.7. The number of Topliss-reactive ketones (excluding diaryl/α,β-unsaturated/α-hetero) is 1. The molecule has 0 amide bonds. The molecule has 2 aliphatic heterocycles. The van der Waals surface area contributed by atoms with Gasteiger partial charge in [0.25, 0.3) is 0 Å². The lowest BCUT2D eigenvalue weighted by Gasteiger charge is -2.47. The van der Waals surface area contributed by atoms with E-state index in [1.165, 1.54) is 11.8 Å². The van der Waals surface area contributed by atoms with E-state index in [0.29, 0.717) is 5.04 Å². The van der Waals surface area contributed by atoms with Crippen molar-refractivity contribution >= 4 is 66.4 Å². The van der Waals surface area contributed by atoms with Gasteiger partial charge in [0.2, 0.25) is 4.99 Å². The van der Waals surface area contributed by atoms with Crippen molar-refractivity contribution in [3.8, 4) is 0 Å². The smallest absolute Gasteiger partial charge is 0.234 e. The number of ketones is 1. The monoisotopic (exact) mass is 602 g/mol. The molecule has 1 atom stereocenters. The largest absolute Gasteiger partial charge is 0.292 e. The minimum Gasteiger partial charge on any atom is -0.292 e. The molecule has 40 heavy (non-hydrogen) atoms. The average molecular weight is 604 g/mol. The number of halogens is 1. The molecule has 7 heteroatoms. The number of para-hydroxylation sites is 1. The molecule has 0 aromatic heterocycles. The predicted molar refractivity (Wildman–Crippen MR) is 169 cm³/mol. The van der Waals surface area contributed by atoms with Crippen molar-refractivity contribution in [3.63, 3.8) is 0 Å². The maximum Gasteiger partial charge on any atom is 0.234 e. The van der Waals surface area contributed by atoms with E-state index in [1.54, 1.807) is 6.92 Å². The Balaban J connectivity index is 1.55. The molecule has 2 heterocycles. The summed E-state index contributed by atoms with van der Waals surface area (Å²) in [5, 5.41) is 17.0. The molecule has 2 aliphatic rings. The van der Waals surface area contributed by atoms with E-state index < -0.39 is 4.99 Å². The second kappa shape index (κ2) is 9.77. The van der Waals surface area contributed by atoms with E-state index in [9.17, 15) is 4.79 Å². The molecular weight excluding hydrogens is 580 g/mol. The van der Waals surface area contributed by atoms with E-state index in [0.717, 1.165) is 49.0 Å². The van der Waals surface area contributed by atoms with Crippen LogP contribution in [0.5, 0.6) is 0 Å². The lowest BCUT2D eigenvalue weighted by Crippen LogP contribution is -2.54. The van der Waals surface area contributed by atoms with E-state index in [4.69, 9.17) is 10.2 Å². The third kappa shape index (κ3) is 3.88. The molecule has 0 fully saturated rings. The van der Waals surface area contributed by atoms with Crippen molar-refractivity contribution in [3.05, 3.63) is 142 Å². The van der Waals surface area contributed by atoms with Gasteiger partial charge in [-0.25, -0.2) is 10.0 Å². The topological polar surface area (TPSA) is 48.3 Å². The average Bonchev–Trinajstić information content (AvgIpc) is 3.39. The van der Waals surface area contributed by atoms with Crippen LogP contribution in [0.25, 0.3) is 10.8 Å². The van der Waals surface area contributed by atoms with Crippen LogP contribution >= 0.6 is 27.7 Å². The summed E-state index contributed by atoms with van der Waals surface area (Å²) in [6.45, 7) is 1.57. The molecule has 1 spiro atoms. The molecule has 5 aromatic rings. The zero-order valence-corrected chi connectivity index (χ0v) is 23.9. The van der Waals surface area contributed by atoms with Crippen molar-refractivity contribution in [1.29, 1.82) is 0 Å². The van der Waals surface area contributed by atoms with Crippen molar-refractivity contribution in [2.75, 3.05) is 10.0 Å². The first-order valence-electron chi connectivity index (χ1n) is 12.9. The van der Waals surface area contributed by atoms with Crippen LogP contribution in [0.1, 0.15) is 23.6 Å². The number of hydrazone groups is 2. The summed E-state index contributed by atoms with van der Waals surface area (Å²) in [4.78, 5) is 11.9. The first-order valence-corrected chi connectivity index (χ1v) is 14.5. The molecule has 5 aromatic carbocycles. The Hall–Kier alpha value is -4.20. The zero-order chi connectivity index (χ0) is 27.3. The molecule has 0 saturated heterocycles. The van der Waals surface area contributed by atoms with Crippen LogP contribution in [0.3, 0.4) is 0 Å². The quantitative estimate of drug-likeness (QED) is 0.208. The number of benzene rings is 5. The van der Waals surface area contributed by atoms with Crippen LogP contribution < -0.4 is 10.0 Å². The number of thioether (sulfide) groups is 1. The third-order valence-electron chi connectivity index (χ3n) is 7.15. The minimum absolute atomic E-state index is 0.0849. The van der Waals surface area contributed by atoms with Gasteiger partial charge in [-0.05, 0) is 58.9 Å². The fourth-order valence-electron chi connectivity index (χ4n) is 5.36. The summed E-state index contributed by atoms with van der Waals surface area (Å²) in [6.07, 6.45) is 0. The Morgan fingerprint density at radius 1 is 0.700 bits per heavy atom. The summed E-state index contributed by atoms with van der Waals surface area (Å²) in [5.41, 5.74) is 5.67. The number of fused-ring (bicyclic) bond motifs is 3. The molecule has 5 nitrogen and oxygen atoms in total. The number of rotatable bonds is 4. The van der Waals surface area contributed by atoms with Crippen molar-refractivity contribution in [2.45, 2.75) is 11.9 Å². The molecule has 0 radical (unpaired) electrons. The van der Waals surface area contributed by atoms with Crippen LogP contribution in [0.4, 0.5) is 11.4 Å². The molecule has 0 aliphatic carbocycles. The highest BCUT2D eigenvalue weighted by Crippen LogP contribution is 2.55. The molecule has 0 unspecified atom stereocenters. The highest BCUT2D eigenvalue weighted by Gasteiger charge is 2.55. The van der Waals surface area contributed by atoms with Crippen LogP contribution in [0.15, 0.2) is 136 Å². The van der Waals surface area contributed by atoms with Crippen molar-refractivity contribution < 1.29 is 4.79 Å². The maximum absolute atomic E-state index is 12.9. The Kier molecular flexibility index (Phi) is 6.06. The van der Waals surface area contributed by atoms with Crippen LogP contribution in [-0.4, -0.2) is 16.5 Å². The highest BCUT2D eigenvalue weighted by molar-refractivity contribution is 9.10. The lowest BCUT2D eigenvalue weighted by molar-refractivity contribution is -0.110. The number of anilines is 2. The highest BCUT2D eigenvalue weighted by atomic mass is 79.9. The van der Waals surface area contributed by atoms with E-state index in [2.05, 4.69) is 70.5 Å². The second-order valence-electron chi connectivity index (χ2n) is 9.63. The van der Waals surface area contributed by atoms with Gasteiger partial charge in [-0.2, -0.15) is 10.2 Å². The van der Waals surface area contributed by atoms with Gasteiger partial charge in [0.1, 0.15) is 0 Å². The Morgan fingerprint density at radius 2 is 1.32 bits per heavy atom. The Labute approximate surface area is 245 Å². The van der Waals surface area contributed by atoms with Crippen LogP contribution in [-0.2, 0) is 9.79 Å². The Morgan fingerprint density at radius 3 is 2.12 bits per heavy atom. The fourth-order valence-corrected chi connectivity index (χ4v) is 6.91. The summed E-state index contributed by atoms with van der Waals surface area (Å²) < 4.78 is 0.966. The van der Waals surface area contributed by atoms with Gasteiger partial charge in [0, 0.05) is 28.1 Å². The van der Waals surface area contributed by atoms with E-state index >= 15 is 0 Å². The molecule has 0 bridgehead atoms. The molecular formula is C33H23BrN4OS. The van der Waals surface area contributed by atoms with E-state index in [1.807, 2.05) is 76.7 Å². The summed E-state index contributed by atoms with van der Waals surface area (Å²) in [7, 11) is 0. The number of carbonyl (C=O) groups is 1. The fraction of sp³-hybridized carbons (Fsp3) is 0.0606. The SMILES string of the molecule is CC(=O)C1=NN(c2ccc(Br)cc2)[C@@]2(S1)c1ccccc1C(c1cccc3ccccc13)=NN2c1ccccc1. The van der Waals surface area contributed by atoms with Gasteiger partial charge in [0.15, 0.2) is 10.8 Å². The third-order valence-corrected chi connectivity index (χ3v) is 9.10. The van der Waals surface area contributed by atoms with Gasteiger partial charge in [-0.1, -0.05) is 101 Å². The first kappa shape index (κ1) is 24.8. The summed E-state index contributed by atoms with van der Waals surface area (Å²) >= 11 is 4.99. The normalized spacial score (nSPS) is 18.1. The Bertz CT molecular complexity index is 1830. The van der Waals surface area contributed by atoms with Gasteiger partial charge in [-0.15, -0.1) is 0 Å². The lowest BCUT2D eigenvalue weighted by atomic mass is 9.91. The molecule has 194 valence electrons. The number of hydrogen-bond donors (Lipinski definition) is 0. The van der Waals surface area contributed by atoms with E-state index in [-0.39, 0.29) is 5.78 Å². The first-order chi connectivity index (χ1) is 19.6. The molecule has 0 N–H and O–H groups in total. The summed E-state index contributed by atoms with van der Waals surface area (Å²) in [5.74, 6) is -0.0849. The molecule has 7 rings (SSSR count). The van der Waals surface area contributed by atoms with Gasteiger partial charge in [-0.3, -0.25) is 4.79 Å². The van der Waals surface area contributed by atoms with Gasteiger partial charge >= 0.3 is 0 Å². The zero-order valence-electron chi connectivity index (χ0n) is 21.5. The van der Waals surface area contributed by atoms with Gasteiger partial charge in [0.05, 0.1) is 17.1 Å². The number of hydrogen-bond acceptors (Lipinski definition) is 6. The minimum atomic E-state index is -0.971.